The summed E-state index contributed by atoms with van der Waals surface area (Å²) in [7, 11) is 0. The molecule has 1 aromatic carbocycles. The molecule has 0 bridgehead atoms. The van der Waals surface area contributed by atoms with Gasteiger partial charge in [-0.3, -0.25) is 4.79 Å². The lowest BCUT2D eigenvalue weighted by molar-refractivity contribution is 1.22. The van der Waals surface area contributed by atoms with Gasteiger partial charge in [0.1, 0.15) is 0 Å². The molecule has 84 valence electrons. The van der Waals surface area contributed by atoms with Gasteiger partial charge in [0.15, 0.2) is 5.43 Å². The molecular formula is C12H10N4O. The number of nitrogens with one attached hydrogen (secondary N) is 1. The third kappa shape index (κ3) is 2.35. The second-order valence-electron chi connectivity index (χ2n) is 3.43. The van der Waals surface area contributed by atoms with Crippen LogP contribution in [-0.4, -0.2) is 11.5 Å². The van der Waals surface area contributed by atoms with Crippen molar-refractivity contribution < 1.29 is 0 Å². The monoisotopic (exact) mass is 226 g/mol. The fraction of sp³-hybridized carbons (Fsp3) is 0.0833. The molecule has 1 N–H and O–H groups in total. The SMILES string of the molecule is [N-]=[N+]=NCC=Cc1cccc2c(=O)cc[nH]c12. The van der Waals surface area contributed by atoms with Crippen molar-refractivity contribution in [2.24, 2.45) is 5.11 Å². The van der Waals surface area contributed by atoms with Crippen LogP contribution in [0.4, 0.5) is 0 Å². The zero-order valence-corrected chi connectivity index (χ0v) is 9.00. The summed E-state index contributed by atoms with van der Waals surface area (Å²) in [6.45, 7) is 0.296. The van der Waals surface area contributed by atoms with Gasteiger partial charge in [0, 0.05) is 29.1 Å². The maximum atomic E-state index is 11.6. The van der Waals surface area contributed by atoms with Gasteiger partial charge in [0.25, 0.3) is 0 Å². The van der Waals surface area contributed by atoms with E-state index in [0.29, 0.717) is 11.9 Å². The van der Waals surface area contributed by atoms with Crippen LogP contribution in [-0.2, 0) is 0 Å². The zero-order chi connectivity index (χ0) is 12.1. The Kier molecular flexibility index (Phi) is 3.23. The van der Waals surface area contributed by atoms with Gasteiger partial charge in [-0.05, 0) is 17.2 Å². The van der Waals surface area contributed by atoms with Crippen LogP contribution in [0.25, 0.3) is 27.4 Å². The standard InChI is InChI=1S/C12H10N4O/c13-16-15-7-2-4-9-3-1-5-10-11(17)6-8-14-12(9)10/h1-6,8H,7H2,(H,14,17). The lowest BCUT2D eigenvalue weighted by atomic mass is 10.1. The Morgan fingerprint density at radius 1 is 1.41 bits per heavy atom. The summed E-state index contributed by atoms with van der Waals surface area (Å²) < 4.78 is 0. The predicted molar refractivity (Wildman–Crippen MR) is 67.6 cm³/mol. The van der Waals surface area contributed by atoms with Crippen LogP contribution in [0.2, 0.25) is 0 Å². The number of H-pyrrole nitrogens is 1. The highest BCUT2D eigenvalue weighted by molar-refractivity contribution is 5.86. The van der Waals surface area contributed by atoms with E-state index in [9.17, 15) is 4.79 Å². The number of benzene rings is 1. The number of hydrogen-bond donors (Lipinski definition) is 1. The highest BCUT2D eigenvalue weighted by atomic mass is 16.1. The van der Waals surface area contributed by atoms with Gasteiger partial charge in [0.2, 0.25) is 0 Å². The van der Waals surface area contributed by atoms with E-state index >= 15 is 0 Å². The van der Waals surface area contributed by atoms with Gasteiger partial charge >= 0.3 is 0 Å². The van der Waals surface area contributed by atoms with Gasteiger partial charge in [0.05, 0.1) is 5.52 Å². The number of para-hydroxylation sites is 1. The van der Waals surface area contributed by atoms with Gasteiger partial charge in [-0.2, -0.15) is 0 Å². The molecule has 0 saturated heterocycles. The Labute approximate surface area is 97.0 Å². The number of aromatic amines is 1. The molecule has 2 aromatic rings. The molecule has 5 heteroatoms. The van der Waals surface area contributed by atoms with Crippen LogP contribution < -0.4 is 5.43 Å². The Hall–Kier alpha value is -2.52. The zero-order valence-electron chi connectivity index (χ0n) is 9.00. The third-order valence-electron chi connectivity index (χ3n) is 2.37. The molecule has 0 amide bonds. The number of fused-ring (bicyclic) bond motifs is 1. The fourth-order valence-corrected chi connectivity index (χ4v) is 1.63. The number of aromatic nitrogens is 1. The van der Waals surface area contributed by atoms with Crippen molar-refractivity contribution in [1.82, 2.24) is 4.98 Å². The molecule has 2 rings (SSSR count). The van der Waals surface area contributed by atoms with E-state index in [1.807, 2.05) is 18.2 Å². The van der Waals surface area contributed by atoms with E-state index < -0.39 is 0 Å². The average molecular weight is 226 g/mol. The molecule has 1 heterocycles. The highest BCUT2D eigenvalue weighted by Gasteiger charge is 2.00. The van der Waals surface area contributed by atoms with Crippen LogP contribution in [0.15, 0.2) is 46.4 Å². The molecule has 0 fully saturated rings. The van der Waals surface area contributed by atoms with Crippen molar-refractivity contribution in [3.63, 3.8) is 0 Å². The number of azide groups is 1. The molecular weight excluding hydrogens is 216 g/mol. The quantitative estimate of drug-likeness (QED) is 0.487. The number of hydrogen-bond acceptors (Lipinski definition) is 2. The Morgan fingerprint density at radius 3 is 3.12 bits per heavy atom. The number of rotatable bonds is 3. The topological polar surface area (TPSA) is 81.6 Å². The summed E-state index contributed by atoms with van der Waals surface area (Å²) >= 11 is 0. The summed E-state index contributed by atoms with van der Waals surface area (Å²) in [6.07, 6.45) is 5.20. The highest BCUT2D eigenvalue weighted by Crippen LogP contribution is 2.14. The predicted octanol–water partition coefficient (Wildman–Crippen LogP) is 2.85. The molecule has 0 radical (unpaired) electrons. The Balaban J connectivity index is 2.48. The normalized spacial score (nSPS) is 10.6. The smallest absolute Gasteiger partial charge is 0.189 e. The van der Waals surface area contributed by atoms with Gasteiger partial charge < -0.3 is 4.98 Å². The summed E-state index contributed by atoms with van der Waals surface area (Å²) in [6, 6.07) is 6.99. The minimum atomic E-state index is -0.0101. The molecule has 0 unspecified atom stereocenters. The first-order chi connectivity index (χ1) is 8.33. The number of pyridine rings is 1. The maximum Gasteiger partial charge on any atom is 0.189 e. The van der Waals surface area contributed by atoms with E-state index in [1.54, 1.807) is 18.3 Å². The number of nitrogens with zero attached hydrogens (tertiary/aromatic N) is 3. The van der Waals surface area contributed by atoms with Crippen LogP contribution in [0, 0.1) is 0 Å². The maximum absolute atomic E-state index is 11.6. The first-order valence-electron chi connectivity index (χ1n) is 5.11. The van der Waals surface area contributed by atoms with Gasteiger partial charge in [-0.15, -0.1) is 0 Å². The Bertz CT molecular complexity index is 666. The summed E-state index contributed by atoms with van der Waals surface area (Å²) in [5.74, 6) is 0. The van der Waals surface area contributed by atoms with Crippen molar-refractivity contribution >= 4 is 17.0 Å². The first-order valence-corrected chi connectivity index (χ1v) is 5.11. The molecule has 5 nitrogen and oxygen atoms in total. The molecule has 1 aromatic heterocycles. The van der Waals surface area contributed by atoms with Crippen LogP contribution in [0.5, 0.6) is 0 Å². The van der Waals surface area contributed by atoms with Crippen molar-refractivity contribution in [2.45, 2.75) is 0 Å². The van der Waals surface area contributed by atoms with Crippen molar-refractivity contribution in [3.8, 4) is 0 Å². The molecule has 0 aliphatic heterocycles. The second kappa shape index (κ2) is 5.01. The van der Waals surface area contributed by atoms with Crippen molar-refractivity contribution in [3.05, 3.63) is 62.8 Å². The third-order valence-corrected chi connectivity index (χ3v) is 2.37. The second-order valence-corrected chi connectivity index (χ2v) is 3.43. The van der Waals surface area contributed by atoms with E-state index in [0.717, 1.165) is 11.1 Å². The lowest BCUT2D eigenvalue weighted by Crippen LogP contribution is -2.00. The van der Waals surface area contributed by atoms with E-state index in [2.05, 4.69) is 15.0 Å². The van der Waals surface area contributed by atoms with Crippen molar-refractivity contribution in [1.29, 1.82) is 0 Å². The largest absolute Gasteiger partial charge is 0.360 e. The van der Waals surface area contributed by atoms with E-state index in [1.165, 1.54) is 6.07 Å². The summed E-state index contributed by atoms with van der Waals surface area (Å²) in [5.41, 5.74) is 9.82. The molecule has 0 aliphatic rings. The summed E-state index contributed by atoms with van der Waals surface area (Å²) in [4.78, 5) is 17.3. The van der Waals surface area contributed by atoms with E-state index in [4.69, 9.17) is 5.53 Å². The van der Waals surface area contributed by atoms with Crippen molar-refractivity contribution in [2.75, 3.05) is 6.54 Å². The molecule has 0 aliphatic carbocycles. The van der Waals surface area contributed by atoms with Crippen LogP contribution in [0.1, 0.15) is 5.56 Å². The van der Waals surface area contributed by atoms with E-state index in [-0.39, 0.29) is 5.43 Å². The molecule has 17 heavy (non-hydrogen) atoms. The van der Waals surface area contributed by atoms with Crippen LogP contribution >= 0.6 is 0 Å². The van der Waals surface area contributed by atoms with Crippen LogP contribution in [0.3, 0.4) is 0 Å². The minimum Gasteiger partial charge on any atom is -0.360 e. The minimum absolute atomic E-state index is 0.0101. The lowest BCUT2D eigenvalue weighted by Gasteiger charge is -2.00. The van der Waals surface area contributed by atoms with Gasteiger partial charge in [-0.25, -0.2) is 0 Å². The molecule has 0 atom stereocenters. The van der Waals surface area contributed by atoms with Gasteiger partial charge in [-0.1, -0.05) is 29.4 Å². The average Bonchev–Trinajstić information content (AvgIpc) is 2.36. The molecule has 0 spiro atoms. The summed E-state index contributed by atoms with van der Waals surface area (Å²) in [5, 5.41) is 4.06. The molecule has 0 saturated carbocycles. The Morgan fingerprint density at radius 2 is 2.29 bits per heavy atom. The fourth-order valence-electron chi connectivity index (χ4n) is 1.63. The first kappa shape index (κ1) is 11.0.